The minimum Gasteiger partial charge on any atom is -0.508 e. The number of phenols is 1. The number of H-pyrrole nitrogens is 1. The number of rotatable bonds is 3. The van der Waals surface area contributed by atoms with E-state index in [2.05, 4.69) is 20.1 Å². The third kappa shape index (κ3) is 2.60. The van der Waals surface area contributed by atoms with Gasteiger partial charge in [0.05, 0.1) is 0 Å². The largest absolute Gasteiger partial charge is 0.508 e. The fraction of sp³-hybridized carbons (Fsp3) is 0.429. The van der Waals surface area contributed by atoms with Crippen molar-refractivity contribution < 1.29 is 5.11 Å². The number of hydrogen-bond donors (Lipinski definition) is 3. The van der Waals surface area contributed by atoms with Crippen molar-refractivity contribution in [3.05, 3.63) is 24.3 Å². The van der Waals surface area contributed by atoms with Gasteiger partial charge in [-0.2, -0.15) is 4.98 Å². The smallest absolute Gasteiger partial charge is 0.245 e. The standard InChI is InChI=1S/C14H19N5O/c15-9-10-4-6-19(7-5-10)14-16-13(17-18-14)11-2-1-3-12(20)8-11/h1-3,8,10,20H,4-7,9,15H2,(H,16,17,18). The second-order valence-corrected chi connectivity index (χ2v) is 5.20. The van der Waals surface area contributed by atoms with Crippen molar-refractivity contribution in [1.82, 2.24) is 15.2 Å². The summed E-state index contributed by atoms with van der Waals surface area (Å²) in [6.45, 7) is 2.65. The van der Waals surface area contributed by atoms with Crippen LogP contribution in [0, 0.1) is 5.92 Å². The molecule has 6 nitrogen and oxygen atoms in total. The average Bonchev–Trinajstić information content (AvgIpc) is 2.97. The van der Waals surface area contributed by atoms with Gasteiger partial charge in [-0.3, -0.25) is 5.10 Å². The highest BCUT2D eigenvalue weighted by atomic mass is 16.3. The number of nitrogens with zero attached hydrogens (tertiary/aromatic N) is 3. The zero-order chi connectivity index (χ0) is 13.9. The van der Waals surface area contributed by atoms with E-state index in [-0.39, 0.29) is 5.75 Å². The highest BCUT2D eigenvalue weighted by Crippen LogP contribution is 2.24. The van der Waals surface area contributed by atoms with Gasteiger partial charge in [0, 0.05) is 18.7 Å². The van der Waals surface area contributed by atoms with Gasteiger partial charge in [-0.25, -0.2) is 0 Å². The Bertz CT molecular complexity index is 574. The Morgan fingerprint density at radius 3 is 2.85 bits per heavy atom. The molecular weight excluding hydrogens is 254 g/mol. The van der Waals surface area contributed by atoms with Gasteiger partial charge in [0.25, 0.3) is 0 Å². The van der Waals surface area contributed by atoms with Crippen LogP contribution in [0.1, 0.15) is 12.8 Å². The molecule has 106 valence electrons. The molecule has 2 aromatic rings. The summed E-state index contributed by atoms with van der Waals surface area (Å²) in [7, 11) is 0. The van der Waals surface area contributed by atoms with E-state index in [0.717, 1.165) is 44.0 Å². The summed E-state index contributed by atoms with van der Waals surface area (Å²) in [5.41, 5.74) is 6.54. The average molecular weight is 273 g/mol. The van der Waals surface area contributed by atoms with Crippen molar-refractivity contribution in [2.45, 2.75) is 12.8 Å². The summed E-state index contributed by atoms with van der Waals surface area (Å²) in [5.74, 6) is 2.25. The molecule has 1 fully saturated rings. The number of anilines is 1. The normalized spacial score (nSPS) is 16.6. The molecule has 6 heteroatoms. The zero-order valence-corrected chi connectivity index (χ0v) is 11.3. The van der Waals surface area contributed by atoms with Crippen molar-refractivity contribution in [3.8, 4) is 17.1 Å². The molecule has 1 saturated heterocycles. The highest BCUT2D eigenvalue weighted by molar-refractivity contribution is 5.58. The van der Waals surface area contributed by atoms with Gasteiger partial charge in [0.1, 0.15) is 5.75 Å². The first-order valence-corrected chi connectivity index (χ1v) is 6.93. The van der Waals surface area contributed by atoms with Crippen LogP contribution in [0.15, 0.2) is 24.3 Å². The summed E-state index contributed by atoms with van der Waals surface area (Å²) < 4.78 is 0. The number of aromatic nitrogens is 3. The van der Waals surface area contributed by atoms with Crippen LogP contribution in [-0.2, 0) is 0 Å². The number of phenolic OH excluding ortho intramolecular Hbond substituents is 1. The maximum absolute atomic E-state index is 9.50. The Labute approximate surface area is 117 Å². The van der Waals surface area contributed by atoms with E-state index in [1.165, 1.54) is 0 Å². The Morgan fingerprint density at radius 2 is 2.15 bits per heavy atom. The molecule has 0 saturated carbocycles. The van der Waals surface area contributed by atoms with Crippen molar-refractivity contribution >= 4 is 5.95 Å². The highest BCUT2D eigenvalue weighted by Gasteiger charge is 2.21. The Balaban J connectivity index is 1.74. The van der Waals surface area contributed by atoms with E-state index < -0.39 is 0 Å². The molecule has 1 aliphatic heterocycles. The van der Waals surface area contributed by atoms with Crippen LogP contribution in [0.4, 0.5) is 5.95 Å². The number of hydrogen-bond acceptors (Lipinski definition) is 5. The minimum atomic E-state index is 0.226. The molecule has 1 aliphatic rings. The summed E-state index contributed by atoms with van der Waals surface area (Å²) in [6, 6.07) is 6.99. The van der Waals surface area contributed by atoms with E-state index >= 15 is 0 Å². The van der Waals surface area contributed by atoms with Crippen LogP contribution in [0.2, 0.25) is 0 Å². The van der Waals surface area contributed by atoms with Gasteiger partial charge in [-0.05, 0) is 37.4 Å². The molecule has 3 rings (SSSR count). The maximum atomic E-state index is 9.50. The molecule has 1 aromatic carbocycles. The quantitative estimate of drug-likeness (QED) is 0.785. The SMILES string of the molecule is NCC1CCN(c2n[nH]c(-c3cccc(O)c3)n2)CC1. The van der Waals surface area contributed by atoms with E-state index in [0.29, 0.717) is 11.7 Å². The number of benzene rings is 1. The predicted octanol–water partition coefficient (Wildman–Crippen LogP) is 1.35. The van der Waals surface area contributed by atoms with Gasteiger partial charge in [0.2, 0.25) is 5.95 Å². The number of piperidine rings is 1. The second kappa shape index (κ2) is 5.50. The maximum Gasteiger partial charge on any atom is 0.245 e. The van der Waals surface area contributed by atoms with Gasteiger partial charge in [0.15, 0.2) is 5.82 Å². The summed E-state index contributed by atoms with van der Waals surface area (Å²) in [6.07, 6.45) is 2.18. The Kier molecular flexibility index (Phi) is 3.56. The molecule has 0 radical (unpaired) electrons. The topological polar surface area (TPSA) is 91.1 Å². The monoisotopic (exact) mass is 273 g/mol. The second-order valence-electron chi connectivity index (χ2n) is 5.20. The Morgan fingerprint density at radius 1 is 1.35 bits per heavy atom. The molecule has 4 N–H and O–H groups in total. The van der Waals surface area contributed by atoms with Crippen LogP contribution in [0.5, 0.6) is 5.75 Å². The van der Waals surface area contributed by atoms with Crippen LogP contribution < -0.4 is 10.6 Å². The van der Waals surface area contributed by atoms with Crippen LogP contribution in [0.25, 0.3) is 11.4 Å². The molecule has 20 heavy (non-hydrogen) atoms. The van der Waals surface area contributed by atoms with Crippen LogP contribution >= 0.6 is 0 Å². The molecule has 0 atom stereocenters. The zero-order valence-electron chi connectivity index (χ0n) is 11.3. The van der Waals surface area contributed by atoms with Gasteiger partial charge in [-0.1, -0.05) is 12.1 Å². The van der Waals surface area contributed by atoms with Crippen molar-refractivity contribution in [1.29, 1.82) is 0 Å². The van der Waals surface area contributed by atoms with E-state index in [1.54, 1.807) is 18.2 Å². The lowest BCUT2D eigenvalue weighted by atomic mass is 9.97. The number of nitrogens with one attached hydrogen (secondary N) is 1. The fourth-order valence-corrected chi connectivity index (χ4v) is 2.55. The van der Waals surface area contributed by atoms with Gasteiger partial charge >= 0.3 is 0 Å². The first kappa shape index (κ1) is 12.9. The van der Waals surface area contributed by atoms with E-state index in [1.807, 2.05) is 6.07 Å². The first-order chi connectivity index (χ1) is 9.76. The van der Waals surface area contributed by atoms with E-state index in [4.69, 9.17) is 5.73 Å². The molecular formula is C14H19N5O. The fourth-order valence-electron chi connectivity index (χ4n) is 2.55. The van der Waals surface area contributed by atoms with Gasteiger partial charge in [-0.15, -0.1) is 5.10 Å². The molecule has 0 unspecified atom stereocenters. The number of nitrogens with two attached hydrogens (primary N) is 1. The lowest BCUT2D eigenvalue weighted by Crippen LogP contribution is -2.36. The van der Waals surface area contributed by atoms with Crippen molar-refractivity contribution in [2.24, 2.45) is 11.7 Å². The lowest BCUT2D eigenvalue weighted by Gasteiger charge is -2.30. The summed E-state index contributed by atoms with van der Waals surface area (Å²) in [5, 5.41) is 16.7. The lowest BCUT2D eigenvalue weighted by molar-refractivity contribution is 0.411. The summed E-state index contributed by atoms with van der Waals surface area (Å²) in [4.78, 5) is 6.69. The van der Waals surface area contributed by atoms with Gasteiger partial charge < -0.3 is 15.7 Å². The van der Waals surface area contributed by atoms with Crippen molar-refractivity contribution in [2.75, 3.05) is 24.5 Å². The third-order valence-corrected chi connectivity index (χ3v) is 3.82. The van der Waals surface area contributed by atoms with Crippen LogP contribution in [0.3, 0.4) is 0 Å². The molecule has 2 heterocycles. The molecule has 0 bridgehead atoms. The molecule has 0 aliphatic carbocycles. The Hall–Kier alpha value is -2.08. The number of aromatic amines is 1. The molecule has 1 aromatic heterocycles. The van der Waals surface area contributed by atoms with E-state index in [9.17, 15) is 5.11 Å². The predicted molar refractivity (Wildman–Crippen MR) is 77.5 cm³/mol. The van der Waals surface area contributed by atoms with Crippen molar-refractivity contribution in [3.63, 3.8) is 0 Å². The molecule has 0 spiro atoms. The third-order valence-electron chi connectivity index (χ3n) is 3.82. The minimum absolute atomic E-state index is 0.226. The number of aromatic hydroxyl groups is 1. The summed E-state index contributed by atoms with van der Waals surface area (Å²) >= 11 is 0. The molecule has 0 amide bonds. The van der Waals surface area contributed by atoms with Crippen LogP contribution in [-0.4, -0.2) is 39.9 Å². The first-order valence-electron chi connectivity index (χ1n) is 6.93.